The van der Waals surface area contributed by atoms with Crippen molar-refractivity contribution in [2.75, 3.05) is 40.4 Å². The van der Waals surface area contributed by atoms with Crippen molar-refractivity contribution in [1.29, 1.82) is 0 Å². The van der Waals surface area contributed by atoms with E-state index in [0.717, 1.165) is 25.2 Å². The highest BCUT2D eigenvalue weighted by molar-refractivity contribution is 5.75. The first-order valence-electron chi connectivity index (χ1n) is 8.58. The molecule has 2 heterocycles. The molecule has 2 aromatic rings. The number of primary amides is 1. The summed E-state index contributed by atoms with van der Waals surface area (Å²) < 4.78 is 15.9. The van der Waals surface area contributed by atoms with Gasteiger partial charge in [0.15, 0.2) is 23.9 Å². The van der Waals surface area contributed by atoms with Crippen LogP contribution < -0.4 is 20.5 Å². The Morgan fingerprint density at radius 3 is 3.04 bits per heavy atom. The maximum atomic E-state index is 10.9. The highest BCUT2D eigenvalue weighted by atomic mass is 16.5. The topological polar surface area (TPSA) is 116 Å². The van der Waals surface area contributed by atoms with Crippen LogP contribution in [0.4, 0.5) is 0 Å². The number of piperazine rings is 1. The Labute approximate surface area is 157 Å². The van der Waals surface area contributed by atoms with Gasteiger partial charge in [-0.3, -0.25) is 9.69 Å². The number of nitrogens with two attached hydrogens (primary N) is 1. The molecular weight excluding hydrogens is 350 g/mol. The number of aromatic nitrogens is 2. The molecule has 0 aliphatic carbocycles. The Balaban J connectivity index is 1.69. The molecule has 1 aromatic heterocycles. The largest absolute Gasteiger partial charge is 0.493 e. The zero-order valence-corrected chi connectivity index (χ0v) is 15.3. The standard InChI is InChI=1S/C18H23N5O4/c1-23-8-7-20-10-13(23)18-21-17(27-22-18)6-4-12-3-5-14(15(9-12)25-2)26-11-16(19)24/h3-6,9,13,20H,7-8,10-11H2,1-2H3,(H2,19,24)/b6-4+. The van der Waals surface area contributed by atoms with E-state index in [2.05, 4.69) is 20.4 Å². The van der Waals surface area contributed by atoms with Crippen molar-refractivity contribution in [1.82, 2.24) is 20.4 Å². The molecule has 0 saturated carbocycles. The van der Waals surface area contributed by atoms with Gasteiger partial charge >= 0.3 is 0 Å². The molecule has 1 amide bonds. The fourth-order valence-corrected chi connectivity index (χ4v) is 2.77. The molecule has 1 aliphatic rings. The van der Waals surface area contributed by atoms with Gasteiger partial charge in [-0.25, -0.2) is 0 Å². The van der Waals surface area contributed by atoms with Crippen molar-refractivity contribution in [3.8, 4) is 11.5 Å². The first-order valence-corrected chi connectivity index (χ1v) is 8.58. The Hall–Kier alpha value is -2.91. The summed E-state index contributed by atoms with van der Waals surface area (Å²) >= 11 is 0. The summed E-state index contributed by atoms with van der Waals surface area (Å²) in [5.41, 5.74) is 5.95. The highest BCUT2D eigenvalue weighted by Gasteiger charge is 2.24. The molecule has 3 N–H and O–H groups in total. The number of hydrogen-bond donors (Lipinski definition) is 2. The molecule has 0 spiro atoms. The van der Waals surface area contributed by atoms with E-state index in [1.54, 1.807) is 18.2 Å². The summed E-state index contributed by atoms with van der Waals surface area (Å²) in [5.74, 6) is 1.49. The van der Waals surface area contributed by atoms with Crippen LogP contribution in [0.1, 0.15) is 23.3 Å². The number of carbonyl (C=O) groups is 1. The predicted octanol–water partition coefficient (Wildman–Crippen LogP) is 0.689. The third kappa shape index (κ3) is 4.83. The second kappa shape index (κ2) is 8.65. The second-order valence-corrected chi connectivity index (χ2v) is 6.19. The van der Waals surface area contributed by atoms with Crippen molar-refractivity contribution in [3.63, 3.8) is 0 Å². The summed E-state index contributed by atoms with van der Waals surface area (Å²) in [4.78, 5) is 17.5. The lowest BCUT2D eigenvalue weighted by Crippen LogP contribution is -2.44. The lowest BCUT2D eigenvalue weighted by molar-refractivity contribution is -0.119. The number of benzene rings is 1. The van der Waals surface area contributed by atoms with Crippen LogP contribution >= 0.6 is 0 Å². The first-order chi connectivity index (χ1) is 13.1. The molecule has 1 aromatic carbocycles. The Morgan fingerprint density at radius 1 is 1.44 bits per heavy atom. The van der Waals surface area contributed by atoms with Gasteiger partial charge in [-0.15, -0.1) is 0 Å². The monoisotopic (exact) mass is 373 g/mol. The average Bonchev–Trinajstić information content (AvgIpc) is 3.14. The molecule has 1 unspecified atom stereocenters. The van der Waals surface area contributed by atoms with E-state index < -0.39 is 5.91 Å². The molecular formula is C18H23N5O4. The van der Waals surface area contributed by atoms with E-state index in [0.29, 0.717) is 23.2 Å². The molecule has 1 saturated heterocycles. The molecule has 27 heavy (non-hydrogen) atoms. The van der Waals surface area contributed by atoms with Gasteiger partial charge in [-0.05, 0) is 30.8 Å². The van der Waals surface area contributed by atoms with Crippen LogP contribution in [0.3, 0.4) is 0 Å². The molecule has 144 valence electrons. The van der Waals surface area contributed by atoms with E-state index in [1.807, 2.05) is 19.2 Å². The van der Waals surface area contributed by atoms with E-state index in [9.17, 15) is 4.79 Å². The Bertz CT molecular complexity index is 820. The molecule has 9 nitrogen and oxygen atoms in total. The fourth-order valence-electron chi connectivity index (χ4n) is 2.77. The minimum Gasteiger partial charge on any atom is -0.493 e. The summed E-state index contributed by atoms with van der Waals surface area (Å²) in [7, 11) is 3.57. The van der Waals surface area contributed by atoms with Crippen LogP contribution in [-0.2, 0) is 4.79 Å². The second-order valence-electron chi connectivity index (χ2n) is 6.19. The van der Waals surface area contributed by atoms with Crippen molar-refractivity contribution >= 4 is 18.1 Å². The number of rotatable bonds is 7. The number of carbonyl (C=O) groups excluding carboxylic acids is 1. The van der Waals surface area contributed by atoms with Crippen LogP contribution in [0, 0.1) is 0 Å². The van der Waals surface area contributed by atoms with Crippen LogP contribution in [0.5, 0.6) is 11.5 Å². The number of likely N-dealkylation sites (N-methyl/N-ethyl adjacent to an activating group) is 1. The lowest BCUT2D eigenvalue weighted by atomic mass is 10.2. The van der Waals surface area contributed by atoms with Gasteiger partial charge in [0.05, 0.1) is 13.2 Å². The smallest absolute Gasteiger partial charge is 0.255 e. The summed E-state index contributed by atoms with van der Waals surface area (Å²) in [6, 6.07) is 5.42. The molecule has 9 heteroatoms. The van der Waals surface area contributed by atoms with Crippen molar-refractivity contribution in [2.45, 2.75) is 6.04 Å². The van der Waals surface area contributed by atoms with E-state index >= 15 is 0 Å². The van der Waals surface area contributed by atoms with E-state index in [4.69, 9.17) is 19.7 Å². The van der Waals surface area contributed by atoms with Crippen molar-refractivity contribution < 1.29 is 18.8 Å². The minimum absolute atomic E-state index is 0.103. The van der Waals surface area contributed by atoms with Crippen molar-refractivity contribution in [3.05, 3.63) is 35.5 Å². The number of nitrogens with one attached hydrogen (secondary N) is 1. The molecule has 1 atom stereocenters. The normalized spacial score (nSPS) is 17.9. The summed E-state index contributed by atoms with van der Waals surface area (Å²) in [6.07, 6.45) is 3.58. The third-order valence-electron chi connectivity index (χ3n) is 4.24. The van der Waals surface area contributed by atoms with Crippen LogP contribution in [0.25, 0.3) is 12.2 Å². The average molecular weight is 373 g/mol. The van der Waals surface area contributed by atoms with Gasteiger partial charge in [0.1, 0.15) is 0 Å². The SMILES string of the molecule is COc1cc(/C=C/c2nc(C3CNCCN3C)no2)ccc1OCC(N)=O. The first kappa shape index (κ1) is 18.9. The number of hydrogen-bond acceptors (Lipinski definition) is 8. The van der Waals surface area contributed by atoms with Gasteiger partial charge in [0, 0.05) is 25.7 Å². The van der Waals surface area contributed by atoms with Crippen LogP contribution in [0.2, 0.25) is 0 Å². The molecule has 3 rings (SSSR count). The predicted molar refractivity (Wildman–Crippen MR) is 99.2 cm³/mol. The Kier molecular flexibility index (Phi) is 6.05. The maximum Gasteiger partial charge on any atom is 0.255 e. The number of amides is 1. The lowest BCUT2D eigenvalue weighted by Gasteiger charge is -2.30. The maximum absolute atomic E-state index is 10.9. The summed E-state index contributed by atoms with van der Waals surface area (Å²) in [6.45, 7) is 2.48. The quantitative estimate of drug-likeness (QED) is 0.728. The zero-order valence-electron chi connectivity index (χ0n) is 15.3. The number of methoxy groups -OCH3 is 1. The molecule has 0 bridgehead atoms. The van der Waals surface area contributed by atoms with E-state index in [-0.39, 0.29) is 12.6 Å². The molecule has 0 radical (unpaired) electrons. The molecule has 1 fully saturated rings. The zero-order chi connectivity index (χ0) is 19.2. The van der Waals surface area contributed by atoms with Crippen molar-refractivity contribution in [2.24, 2.45) is 5.73 Å². The Morgan fingerprint density at radius 2 is 2.30 bits per heavy atom. The van der Waals surface area contributed by atoms with Gasteiger partial charge in [-0.2, -0.15) is 4.98 Å². The van der Waals surface area contributed by atoms with E-state index in [1.165, 1.54) is 7.11 Å². The van der Waals surface area contributed by atoms with Crippen LogP contribution in [0.15, 0.2) is 22.7 Å². The van der Waals surface area contributed by atoms with Gasteiger partial charge in [0.2, 0.25) is 0 Å². The third-order valence-corrected chi connectivity index (χ3v) is 4.24. The fraction of sp³-hybridized carbons (Fsp3) is 0.389. The highest BCUT2D eigenvalue weighted by Crippen LogP contribution is 2.28. The van der Waals surface area contributed by atoms with Gasteiger partial charge in [-0.1, -0.05) is 11.2 Å². The number of nitrogens with zero attached hydrogens (tertiary/aromatic N) is 3. The molecule has 1 aliphatic heterocycles. The minimum atomic E-state index is -0.549. The van der Waals surface area contributed by atoms with Gasteiger partial charge < -0.3 is 25.0 Å². The number of ether oxygens (including phenoxy) is 2. The summed E-state index contributed by atoms with van der Waals surface area (Å²) in [5, 5.41) is 7.41. The van der Waals surface area contributed by atoms with Crippen LogP contribution in [-0.4, -0.2) is 61.3 Å². The van der Waals surface area contributed by atoms with Gasteiger partial charge in [0.25, 0.3) is 11.8 Å².